The van der Waals surface area contributed by atoms with Gasteiger partial charge >= 0.3 is 30.3 Å². The van der Waals surface area contributed by atoms with Crippen LogP contribution in [0.1, 0.15) is 186 Å². The second kappa shape index (κ2) is 36.2. The number of alkyl halides is 6. The Morgan fingerprint density at radius 3 is 1.13 bits per heavy atom. The molecule has 0 atom stereocenters. The number of hydrogen-bond donors (Lipinski definition) is 10. The van der Waals surface area contributed by atoms with Crippen LogP contribution in [-0.2, 0) is 37.9 Å². The van der Waals surface area contributed by atoms with Crippen LogP contribution in [0.15, 0.2) is 139 Å². The van der Waals surface area contributed by atoms with Crippen LogP contribution in [0.2, 0.25) is 5.02 Å². The number of piperidine rings is 1. The Hall–Kier alpha value is -14.1. The molecule has 4 aliphatic rings. The van der Waals surface area contributed by atoms with Gasteiger partial charge in [0.1, 0.15) is 93.4 Å². The molecule has 21 rings (SSSR count). The molecule has 0 unspecified atom stereocenters. The molecule has 674 valence electrons. The number of nitrogens with two attached hydrogens (primary N) is 4. The van der Waals surface area contributed by atoms with Gasteiger partial charge in [-0.05, 0) is 156 Å². The number of carbonyl (C=O) groups excluding carboxylic acids is 2. The molecule has 4 fully saturated rings. The Bertz CT molecular complexity index is 7100. The van der Waals surface area contributed by atoms with Crippen LogP contribution < -0.4 is 22.9 Å². The third-order valence-corrected chi connectivity index (χ3v) is 26.0. The normalized spacial score (nSPS) is 18.0. The summed E-state index contributed by atoms with van der Waals surface area (Å²) in [5.74, 6) is 1.81. The average Bonchev–Trinajstić information content (AvgIpc) is 1.60. The third kappa shape index (κ3) is 16.9. The summed E-state index contributed by atoms with van der Waals surface area (Å²) in [6.07, 6.45) is 6.88. The zero-order chi connectivity index (χ0) is 89.3. The number of carbonyl (C=O) groups is 4. The number of halogens is 7. The van der Waals surface area contributed by atoms with E-state index in [4.69, 9.17) is 59.2 Å². The molecule has 130 heavy (non-hydrogen) atoms. The number of imidazole rings is 4. The number of nitrogens with zero attached hydrogens (tertiary/aromatic N) is 17. The Balaban J connectivity index is 0.000000126. The van der Waals surface area contributed by atoms with Gasteiger partial charge in [-0.1, -0.05) is 88.0 Å². The molecule has 0 bridgehead atoms. The highest BCUT2D eigenvalue weighted by Crippen LogP contribution is 2.46. The summed E-state index contributed by atoms with van der Waals surface area (Å²) in [5.41, 5.74) is 34.0. The number of likely N-dealkylation sites (tertiary alicyclic amines) is 1. The molecule has 4 aromatic carbocycles. The minimum absolute atomic E-state index is 0. The quantitative estimate of drug-likeness (QED) is 0.0378. The zero-order valence-corrected chi connectivity index (χ0v) is 70.3. The van der Waals surface area contributed by atoms with Crippen LogP contribution in [0.3, 0.4) is 0 Å². The molecule has 14 heterocycles. The van der Waals surface area contributed by atoms with E-state index in [-0.39, 0.29) is 90.8 Å². The second-order valence-electron chi connectivity index (χ2n) is 32.5. The number of aromatic nitrogens is 20. The van der Waals surface area contributed by atoms with Crippen LogP contribution in [0.5, 0.6) is 0 Å². The number of amides is 1. The number of aliphatic carboxylic acids is 2. The second-order valence-corrected chi connectivity index (χ2v) is 33.7. The summed E-state index contributed by atoms with van der Waals surface area (Å²) in [6.45, 7) is 3.48. The van der Waals surface area contributed by atoms with E-state index >= 15 is 0 Å². The van der Waals surface area contributed by atoms with Crippen LogP contribution in [-0.4, -0.2) is 157 Å². The first-order valence-electron chi connectivity index (χ1n) is 41.8. The Morgan fingerprint density at radius 1 is 0.462 bits per heavy atom. The summed E-state index contributed by atoms with van der Waals surface area (Å²) >= 11 is 7.91. The Kier molecular flexibility index (Phi) is 24.9. The van der Waals surface area contributed by atoms with Crippen LogP contribution in [0.4, 0.5) is 49.6 Å². The molecule has 17 aromatic rings. The standard InChI is InChI=1S/C23H20ClN7OS.C22H21F3N6O2.C22H24N6O2.C21H19F3N6O2.2CH4/c24-16-3-1-2-14-10-17(28-18(14)16)19-20-21(25)26-12-27-31(20)22(29-19)13-4-7-30(8-5-13)23(32)15-6-9-33-11-15;1-33-21(32)12-7-5-11(6-8-12)20-30-17(18-19(26)27-10-28-31(18)20)15-9-13-3-2-4-14(16(13)29-15)22(23,24)25;1-2-12-4-3-5-15-10-16(26-17(12)15)18-19-20(23)24-11-25-28(19)21(27-18)13-6-8-14(9-7-13)22(29)30;22-21(23,24)13-3-1-2-12-8-14(28-15(12)13)16-17-18(25)26-9-27-30(17)19(29-16)10-4-6-11(7-5-10)20(31)32;;/h1-3,6,9-13,28H,4-5,7-8H2,(H2,25,26,27);2-4,9-12,29H,5-8H2,1H3,(H2,26,27,28);3-5,10-11,13-14,26H,2,6-9H2,1H3,(H,29,30)(H2,23,24,25);1-3,8-11,28H,4-7H2,(H,31,32)(H2,25,26,27);2*1H4. The number of fused-ring (bicyclic) bond motifs is 8. The van der Waals surface area contributed by atoms with Crippen molar-refractivity contribution in [1.29, 1.82) is 0 Å². The number of nitrogens with one attached hydrogen (secondary N) is 4. The highest BCUT2D eigenvalue weighted by Gasteiger charge is 2.40. The number of hydrogen-bond acceptors (Lipinski definition) is 22. The van der Waals surface area contributed by atoms with Crippen molar-refractivity contribution in [3.8, 4) is 45.6 Å². The maximum atomic E-state index is 13.5. The molecular weight excluding hydrogens is 1720 g/mol. The van der Waals surface area contributed by atoms with E-state index in [9.17, 15) is 55.7 Å². The third-order valence-electron chi connectivity index (χ3n) is 25.0. The first kappa shape index (κ1) is 89.3. The summed E-state index contributed by atoms with van der Waals surface area (Å²) < 4.78 is 92.5. The molecule has 1 aliphatic heterocycles. The topological polar surface area (TPSA) is 461 Å². The van der Waals surface area contributed by atoms with Crippen LogP contribution in [0, 0.1) is 17.8 Å². The molecule has 3 aliphatic carbocycles. The maximum absolute atomic E-state index is 13.5. The lowest BCUT2D eigenvalue weighted by atomic mass is 9.81. The predicted molar refractivity (Wildman–Crippen MR) is 481 cm³/mol. The lowest BCUT2D eigenvalue weighted by Crippen LogP contribution is -2.38. The van der Waals surface area contributed by atoms with E-state index in [0.29, 0.717) is 167 Å². The number of rotatable bonds is 13. The van der Waals surface area contributed by atoms with E-state index in [1.54, 1.807) is 42.3 Å². The summed E-state index contributed by atoms with van der Waals surface area (Å²) in [4.78, 5) is 97.7. The fraction of sp³-hybridized carbons (Fsp3) is 0.333. The molecule has 32 nitrogen and oxygen atoms in total. The molecule has 1 saturated heterocycles. The summed E-state index contributed by atoms with van der Waals surface area (Å²) in [6, 6.07) is 29.2. The lowest BCUT2D eigenvalue weighted by Gasteiger charge is -2.31. The number of ether oxygens (including phenoxy) is 1. The first-order valence-corrected chi connectivity index (χ1v) is 43.1. The van der Waals surface area contributed by atoms with Crippen molar-refractivity contribution in [3.63, 3.8) is 0 Å². The van der Waals surface area contributed by atoms with E-state index in [1.165, 1.54) is 61.5 Å². The number of carboxylic acids is 2. The number of thiophene rings is 1. The van der Waals surface area contributed by atoms with Gasteiger partial charge in [-0.25, -0.2) is 57.9 Å². The number of benzene rings is 4. The van der Waals surface area contributed by atoms with Crippen molar-refractivity contribution in [2.75, 3.05) is 43.1 Å². The minimum atomic E-state index is -4.51. The van der Waals surface area contributed by atoms with Crippen LogP contribution in [0.25, 0.3) is 111 Å². The molecule has 3 saturated carbocycles. The number of aromatic amines is 4. The smallest absolute Gasteiger partial charge is 0.418 e. The van der Waals surface area contributed by atoms with Crippen molar-refractivity contribution in [3.05, 3.63) is 190 Å². The Morgan fingerprint density at radius 2 is 0.792 bits per heavy atom. The van der Waals surface area contributed by atoms with Crippen molar-refractivity contribution in [2.24, 2.45) is 17.8 Å². The molecule has 13 aromatic heterocycles. The number of aryl methyl sites for hydroxylation is 1. The van der Waals surface area contributed by atoms with Gasteiger partial charge < -0.3 is 62.7 Å². The highest BCUT2D eigenvalue weighted by atomic mass is 35.5. The number of methoxy groups -OCH3 is 1. The van der Waals surface area contributed by atoms with E-state index in [1.807, 2.05) is 46.0 Å². The van der Waals surface area contributed by atoms with Crippen molar-refractivity contribution >= 4 is 136 Å². The minimum Gasteiger partial charge on any atom is -0.481 e. The largest absolute Gasteiger partial charge is 0.481 e. The van der Waals surface area contributed by atoms with Crippen molar-refractivity contribution in [2.45, 2.75) is 154 Å². The molecule has 0 spiro atoms. The predicted octanol–water partition coefficient (Wildman–Crippen LogP) is 18.2. The van der Waals surface area contributed by atoms with Crippen LogP contribution >= 0.6 is 22.9 Å². The highest BCUT2D eigenvalue weighted by molar-refractivity contribution is 7.08. The van der Waals surface area contributed by atoms with Gasteiger partial charge in [0, 0.05) is 69.2 Å². The first-order chi connectivity index (χ1) is 61.7. The summed E-state index contributed by atoms with van der Waals surface area (Å²) in [7, 11) is 1.38. The van der Waals surface area contributed by atoms with Gasteiger partial charge in [0.25, 0.3) is 5.91 Å². The number of nitrogen functional groups attached to an aromatic ring is 4. The van der Waals surface area contributed by atoms with E-state index in [2.05, 4.69) is 91.5 Å². The molecule has 14 N–H and O–H groups in total. The van der Waals surface area contributed by atoms with E-state index < -0.39 is 35.4 Å². The SMILES string of the molecule is C.C.CCc1cccc2cc(-c3nc(C4CCC(C(=O)O)CC4)n4ncnc(N)c34)[nH]c12.COC(=O)C1CCC(c2nc(-c3cc4cccc(C(F)(F)F)c4[nH]3)c3c(N)ncnn23)CC1.Nc1ncnn2c(C3CCC(C(=O)O)CC3)nc(-c3cc4cccc(C(F)(F)F)c4[nH]3)c12.Nc1ncnn2c(C3CCN(C(=O)c4ccsc4)CC3)nc(-c3cc4cccc(Cl)c4[nH]3)c12. The molecule has 40 heteroatoms. The van der Waals surface area contributed by atoms with Gasteiger partial charge in [-0.3, -0.25) is 19.2 Å². The number of carboxylic acid groups (broad SMARTS) is 2. The van der Waals surface area contributed by atoms with Gasteiger partial charge in [0.2, 0.25) is 0 Å². The van der Waals surface area contributed by atoms with E-state index in [0.717, 1.165) is 100 Å². The Labute approximate surface area is 745 Å². The molecule has 0 radical (unpaired) electrons. The van der Waals surface area contributed by atoms with Gasteiger partial charge in [0.15, 0.2) is 23.3 Å². The lowest BCUT2D eigenvalue weighted by molar-refractivity contribution is -0.147. The zero-order valence-electron chi connectivity index (χ0n) is 68.7. The monoisotopic (exact) mass is 1820 g/mol. The van der Waals surface area contributed by atoms with Gasteiger partial charge in [-0.2, -0.15) is 58.1 Å². The summed E-state index contributed by atoms with van der Waals surface area (Å²) in [5, 5.41) is 43.5. The van der Waals surface area contributed by atoms with Crippen molar-refractivity contribution < 1.29 is 60.5 Å². The van der Waals surface area contributed by atoms with Gasteiger partial charge in [0.05, 0.1) is 85.9 Å². The molecule has 1 amide bonds. The number of esters is 1. The fourth-order valence-electron chi connectivity index (χ4n) is 18.5. The maximum Gasteiger partial charge on any atom is 0.418 e. The van der Waals surface area contributed by atoms with Gasteiger partial charge in [-0.15, -0.1) is 0 Å². The fourth-order valence-corrected chi connectivity index (χ4v) is 19.4. The number of H-pyrrole nitrogens is 4. The molecular formula is C90H92ClF6N25O7S. The average molecular weight is 1820 g/mol. The van der Waals surface area contributed by atoms with Crippen molar-refractivity contribution in [1.82, 2.24) is 103 Å². The number of para-hydroxylation sites is 4. The number of anilines is 4.